The van der Waals surface area contributed by atoms with E-state index in [4.69, 9.17) is 4.74 Å². The molecule has 0 amide bonds. The first kappa shape index (κ1) is 35.2. The molecule has 6 rings (SSSR count). The molecule has 51 heavy (non-hydrogen) atoms. The highest BCUT2D eigenvalue weighted by atomic mass is 16.5. The maximum Gasteiger partial charge on any atom is 0.314 e. The third-order valence-corrected chi connectivity index (χ3v) is 9.63. The van der Waals surface area contributed by atoms with Gasteiger partial charge in [0.25, 0.3) is 0 Å². The van der Waals surface area contributed by atoms with E-state index in [1.807, 2.05) is 32.9 Å². The van der Waals surface area contributed by atoms with Crippen LogP contribution in [0.25, 0.3) is 11.1 Å². The summed E-state index contributed by atoms with van der Waals surface area (Å²) >= 11 is 0. The highest BCUT2D eigenvalue weighted by Gasteiger charge is 2.20. The Kier molecular flexibility index (Phi) is 10.4. The predicted octanol–water partition coefficient (Wildman–Crippen LogP) is 13.1. The summed E-state index contributed by atoms with van der Waals surface area (Å²) < 4.78 is 5.78. The second kappa shape index (κ2) is 15.1. The van der Waals surface area contributed by atoms with Crippen molar-refractivity contribution in [2.24, 2.45) is 5.92 Å². The molecule has 258 valence electrons. The Bertz CT molecular complexity index is 2150. The average molecular weight is 673 g/mol. The van der Waals surface area contributed by atoms with Gasteiger partial charge in [-0.1, -0.05) is 62.4 Å². The highest BCUT2D eigenvalue weighted by Crippen LogP contribution is 2.42. The maximum absolute atomic E-state index is 12.6. The van der Waals surface area contributed by atoms with Crippen molar-refractivity contribution < 1.29 is 9.53 Å². The van der Waals surface area contributed by atoms with Gasteiger partial charge in [-0.25, -0.2) is 0 Å². The van der Waals surface area contributed by atoms with E-state index in [0.29, 0.717) is 5.75 Å². The largest absolute Gasteiger partial charge is 0.426 e. The Morgan fingerprint density at radius 2 is 0.961 bits per heavy atom. The van der Waals surface area contributed by atoms with E-state index >= 15 is 0 Å². The number of esters is 1. The Balaban J connectivity index is 1.37. The third kappa shape index (κ3) is 7.76. The first-order valence-electron chi connectivity index (χ1n) is 17.9. The SMILES string of the molecule is CCC(C)C(=O)Oc1ccc(N(c2cccc(C)c2)c2ccc(-c3ccc(N(c4cccc(C)c4)c4cccc(C)c4)c(C)c3)cc2C)cc1C. The number of benzene rings is 6. The molecule has 0 heterocycles. The normalized spacial score (nSPS) is 11.6. The van der Waals surface area contributed by atoms with Gasteiger partial charge < -0.3 is 14.5 Å². The van der Waals surface area contributed by atoms with Crippen LogP contribution in [0, 0.1) is 47.5 Å². The lowest BCUT2D eigenvalue weighted by Gasteiger charge is -2.29. The van der Waals surface area contributed by atoms with Crippen LogP contribution >= 0.6 is 0 Å². The van der Waals surface area contributed by atoms with E-state index in [2.05, 4.69) is 160 Å². The van der Waals surface area contributed by atoms with Crippen LogP contribution in [-0.4, -0.2) is 5.97 Å². The van der Waals surface area contributed by atoms with Crippen LogP contribution in [0.15, 0.2) is 127 Å². The number of nitrogens with zero attached hydrogens (tertiary/aromatic N) is 2. The molecule has 4 nitrogen and oxygen atoms in total. The number of rotatable bonds is 10. The van der Waals surface area contributed by atoms with E-state index in [9.17, 15) is 4.79 Å². The number of hydrogen-bond acceptors (Lipinski definition) is 4. The van der Waals surface area contributed by atoms with Crippen LogP contribution < -0.4 is 14.5 Å². The van der Waals surface area contributed by atoms with E-state index in [1.54, 1.807) is 0 Å². The Hall–Kier alpha value is -5.61. The van der Waals surface area contributed by atoms with Crippen molar-refractivity contribution in [2.75, 3.05) is 9.80 Å². The second-order valence-corrected chi connectivity index (χ2v) is 13.9. The van der Waals surface area contributed by atoms with Gasteiger partial charge in [0.1, 0.15) is 5.75 Å². The van der Waals surface area contributed by atoms with E-state index in [-0.39, 0.29) is 11.9 Å². The summed E-state index contributed by atoms with van der Waals surface area (Å²) in [6.07, 6.45) is 0.745. The molecule has 0 saturated carbocycles. The molecule has 0 radical (unpaired) electrons. The lowest BCUT2D eigenvalue weighted by Crippen LogP contribution is -2.17. The van der Waals surface area contributed by atoms with Gasteiger partial charge in [0.15, 0.2) is 0 Å². The zero-order valence-corrected chi connectivity index (χ0v) is 31.1. The number of ether oxygens (including phenoxy) is 1. The van der Waals surface area contributed by atoms with Gasteiger partial charge in [-0.2, -0.15) is 0 Å². The lowest BCUT2D eigenvalue weighted by molar-refractivity contribution is -0.138. The summed E-state index contributed by atoms with van der Waals surface area (Å²) in [5.74, 6) is 0.258. The fourth-order valence-electron chi connectivity index (χ4n) is 6.59. The smallest absolute Gasteiger partial charge is 0.314 e. The summed E-state index contributed by atoms with van der Waals surface area (Å²) in [7, 11) is 0. The van der Waals surface area contributed by atoms with Gasteiger partial charge >= 0.3 is 5.97 Å². The van der Waals surface area contributed by atoms with Crippen molar-refractivity contribution in [1.29, 1.82) is 0 Å². The molecule has 0 spiro atoms. The minimum Gasteiger partial charge on any atom is -0.426 e. The van der Waals surface area contributed by atoms with Crippen molar-refractivity contribution >= 4 is 40.1 Å². The van der Waals surface area contributed by atoms with E-state index < -0.39 is 0 Å². The first-order chi connectivity index (χ1) is 24.5. The molecule has 6 aromatic rings. The molecule has 0 N–H and O–H groups in total. The van der Waals surface area contributed by atoms with Crippen LogP contribution in [0.4, 0.5) is 34.1 Å². The Morgan fingerprint density at radius 3 is 1.33 bits per heavy atom. The zero-order chi connectivity index (χ0) is 36.2. The van der Waals surface area contributed by atoms with Gasteiger partial charge in [0.2, 0.25) is 0 Å². The third-order valence-electron chi connectivity index (χ3n) is 9.63. The van der Waals surface area contributed by atoms with Crippen molar-refractivity contribution in [2.45, 2.75) is 61.8 Å². The molecular weight excluding hydrogens is 625 g/mol. The van der Waals surface area contributed by atoms with Crippen LogP contribution in [0.3, 0.4) is 0 Å². The average Bonchev–Trinajstić information content (AvgIpc) is 3.10. The van der Waals surface area contributed by atoms with Crippen molar-refractivity contribution in [1.82, 2.24) is 0 Å². The molecule has 0 aliphatic heterocycles. The van der Waals surface area contributed by atoms with Crippen LogP contribution in [-0.2, 0) is 4.79 Å². The summed E-state index contributed by atoms with van der Waals surface area (Å²) in [5.41, 5.74) is 15.8. The highest BCUT2D eigenvalue weighted by molar-refractivity contribution is 5.84. The number of carbonyl (C=O) groups is 1. The summed E-state index contributed by atoms with van der Waals surface area (Å²) in [5, 5.41) is 0. The van der Waals surface area contributed by atoms with E-state index in [1.165, 1.54) is 27.8 Å². The fraction of sp³-hybridized carbons (Fsp3) is 0.213. The number of anilines is 6. The first-order valence-corrected chi connectivity index (χ1v) is 17.9. The molecule has 0 aliphatic rings. The Morgan fingerprint density at radius 1 is 0.529 bits per heavy atom. The zero-order valence-electron chi connectivity index (χ0n) is 31.1. The lowest BCUT2D eigenvalue weighted by atomic mass is 9.98. The van der Waals surface area contributed by atoms with Crippen molar-refractivity contribution in [3.05, 3.63) is 161 Å². The molecule has 0 saturated heterocycles. The summed E-state index contributed by atoms with van der Waals surface area (Å²) in [6, 6.07) is 45.5. The standard InChI is InChI=1S/C47H48N2O2/c1-9-34(5)47(50)51-46-24-21-43(30-37(46)8)49(42-18-12-15-33(4)27-42)45-23-20-39(29-36(45)7)38-19-22-44(35(6)28-38)48(40-16-10-13-31(2)25-40)41-17-11-14-32(3)26-41/h10-30,34H,9H2,1-8H3. The molecule has 0 aromatic heterocycles. The van der Waals surface area contributed by atoms with Gasteiger partial charge in [-0.15, -0.1) is 0 Å². The van der Waals surface area contributed by atoms with Crippen LogP contribution in [0.2, 0.25) is 0 Å². The Labute approximate surface area is 304 Å². The molecular formula is C47H48N2O2. The molecule has 0 bridgehead atoms. The fourth-order valence-corrected chi connectivity index (χ4v) is 6.59. The van der Waals surface area contributed by atoms with E-state index in [0.717, 1.165) is 57.2 Å². The predicted molar refractivity (Wildman–Crippen MR) is 215 cm³/mol. The monoisotopic (exact) mass is 672 g/mol. The summed E-state index contributed by atoms with van der Waals surface area (Å²) in [4.78, 5) is 17.2. The molecule has 1 atom stereocenters. The minimum absolute atomic E-state index is 0.144. The van der Waals surface area contributed by atoms with Crippen LogP contribution in [0.1, 0.15) is 53.6 Å². The number of aryl methyl sites for hydroxylation is 6. The maximum atomic E-state index is 12.6. The molecule has 4 heteroatoms. The minimum atomic E-state index is -0.198. The summed E-state index contributed by atoms with van der Waals surface area (Å²) in [6.45, 7) is 16.7. The quantitative estimate of drug-likeness (QED) is 0.107. The number of carbonyl (C=O) groups excluding carboxylic acids is 1. The van der Waals surface area contributed by atoms with Crippen molar-refractivity contribution in [3.8, 4) is 16.9 Å². The molecule has 1 unspecified atom stereocenters. The molecule has 6 aromatic carbocycles. The van der Waals surface area contributed by atoms with Gasteiger partial charge in [0.05, 0.1) is 5.92 Å². The second-order valence-electron chi connectivity index (χ2n) is 13.9. The van der Waals surface area contributed by atoms with Gasteiger partial charge in [-0.05, 0) is 171 Å². The topological polar surface area (TPSA) is 32.8 Å². The van der Waals surface area contributed by atoms with Crippen LogP contribution in [0.5, 0.6) is 5.75 Å². The molecule has 0 fully saturated rings. The molecule has 0 aliphatic carbocycles. The van der Waals surface area contributed by atoms with Gasteiger partial charge in [0, 0.05) is 34.1 Å². The van der Waals surface area contributed by atoms with Crippen molar-refractivity contribution in [3.63, 3.8) is 0 Å². The number of hydrogen-bond donors (Lipinski definition) is 0. The van der Waals surface area contributed by atoms with Gasteiger partial charge in [-0.3, -0.25) is 4.79 Å².